The molecule has 0 amide bonds. The van der Waals surface area contributed by atoms with Crippen LogP contribution in [0.4, 0.5) is 0 Å². The molecule has 14 heavy (non-hydrogen) atoms. The zero-order chi connectivity index (χ0) is 9.97. The Labute approximate surface area is 81.2 Å². The quantitative estimate of drug-likeness (QED) is 0.672. The van der Waals surface area contributed by atoms with Gasteiger partial charge in [-0.25, -0.2) is 0 Å². The Bertz CT molecular complexity index is 458. The first-order valence-corrected chi connectivity index (χ1v) is 4.27. The Hall–Kier alpha value is -1.96. The lowest BCUT2D eigenvalue weighted by Crippen LogP contribution is -1.83. The summed E-state index contributed by atoms with van der Waals surface area (Å²) in [6, 6.07) is 10.8. The maximum Gasteiger partial charge on any atom is 0.150 e. The van der Waals surface area contributed by atoms with E-state index in [1.165, 1.54) is 0 Å². The van der Waals surface area contributed by atoms with Crippen molar-refractivity contribution in [3.05, 3.63) is 47.5 Å². The van der Waals surface area contributed by atoms with Crippen LogP contribution >= 0.6 is 0 Å². The highest BCUT2D eigenvalue weighted by Crippen LogP contribution is 2.16. The van der Waals surface area contributed by atoms with E-state index in [-0.39, 0.29) is 0 Å². The molecular formula is C12H8O2. The second-order valence-electron chi connectivity index (χ2n) is 3.10. The minimum atomic E-state index is 0.626. The zero-order valence-corrected chi connectivity index (χ0v) is 7.44. The van der Waals surface area contributed by atoms with Crippen LogP contribution in [-0.4, -0.2) is 12.6 Å². The van der Waals surface area contributed by atoms with Gasteiger partial charge in [-0.3, -0.25) is 9.59 Å². The standard InChI is InChI=1S/C12H8O2/c13-7-9-1-3-11-4-2-10(8-14)6-12(11)5-9/h1-8H. The van der Waals surface area contributed by atoms with E-state index in [1.54, 1.807) is 24.3 Å². The molecule has 2 nitrogen and oxygen atoms in total. The number of hydrogen-bond donors (Lipinski definition) is 0. The van der Waals surface area contributed by atoms with Gasteiger partial charge in [0.2, 0.25) is 0 Å². The van der Waals surface area contributed by atoms with Crippen LogP contribution in [-0.2, 0) is 0 Å². The molecule has 2 aromatic carbocycles. The molecule has 0 aliphatic carbocycles. The first kappa shape index (κ1) is 8.63. The lowest BCUT2D eigenvalue weighted by Gasteiger charge is -1.99. The van der Waals surface area contributed by atoms with Crippen molar-refractivity contribution in [2.24, 2.45) is 0 Å². The summed E-state index contributed by atoms with van der Waals surface area (Å²) in [4.78, 5) is 21.1. The number of aldehydes is 2. The van der Waals surface area contributed by atoms with Gasteiger partial charge >= 0.3 is 0 Å². The largest absolute Gasteiger partial charge is 0.298 e. The third kappa shape index (κ3) is 1.42. The summed E-state index contributed by atoms with van der Waals surface area (Å²) in [5.41, 5.74) is 1.25. The predicted octanol–water partition coefficient (Wildman–Crippen LogP) is 2.46. The first-order valence-electron chi connectivity index (χ1n) is 4.27. The van der Waals surface area contributed by atoms with Crippen LogP contribution in [0.15, 0.2) is 36.4 Å². The Morgan fingerprint density at radius 3 is 1.64 bits per heavy atom. The molecule has 0 spiro atoms. The topological polar surface area (TPSA) is 34.1 Å². The number of carbonyl (C=O) groups excluding carboxylic acids is 2. The maximum atomic E-state index is 10.5. The van der Waals surface area contributed by atoms with E-state index in [4.69, 9.17) is 0 Å². The second-order valence-corrected chi connectivity index (χ2v) is 3.10. The lowest BCUT2D eigenvalue weighted by atomic mass is 10.1. The fourth-order valence-corrected chi connectivity index (χ4v) is 1.43. The van der Waals surface area contributed by atoms with Crippen molar-refractivity contribution in [2.45, 2.75) is 0 Å². The Morgan fingerprint density at radius 1 is 0.714 bits per heavy atom. The molecule has 0 fully saturated rings. The average molecular weight is 184 g/mol. The van der Waals surface area contributed by atoms with Crippen LogP contribution < -0.4 is 0 Å². The highest BCUT2D eigenvalue weighted by atomic mass is 16.1. The van der Waals surface area contributed by atoms with Gasteiger partial charge in [0, 0.05) is 11.1 Å². The fourth-order valence-electron chi connectivity index (χ4n) is 1.43. The molecule has 0 aliphatic heterocycles. The molecule has 68 valence electrons. The Morgan fingerprint density at radius 2 is 1.21 bits per heavy atom. The first-order chi connectivity index (χ1) is 6.83. The third-order valence-electron chi connectivity index (χ3n) is 2.16. The molecule has 0 aromatic heterocycles. The van der Waals surface area contributed by atoms with Crippen molar-refractivity contribution in [2.75, 3.05) is 0 Å². The summed E-state index contributed by atoms with van der Waals surface area (Å²) in [5.74, 6) is 0. The molecule has 2 heteroatoms. The molecule has 0 radical (unpaired) electrons. The zero-order valence-electron chi connectivity index (χ0n) is 7.44. The summed E-state index contributed by atoms with van der Waals surface area (Å²) in [5, 5.41) is 1.94. The molecule has 0 heterocycles. The molecule has 2 aromatic rings. The maximum absolute atomic E-state index is 10.5. The fraction of sp³-hybridized carbons (Fsp3) is 0. The number of rotatable bonds is 2. The van der Waals surface area contributed by atoms with Gasteiger partial charge < -0.3 is 0 Å². The highest BCUT2D eigenvalue weighted by Gasteiger charge is 1.97. The summed E-state index contributed by atoms with van der Waals surface area (Å²) in [6.07, 6.45) is 1.60. The van der Waals surface area contributed by atoms with Gasteiger partial charge in [0.1, 0.15) is 12.6 Å². The summed E-state index contributed by atoms with van der Waals surface area (Å²) >= 11 is 0. The predicted molar refractivity (Wildman–Crippen MR) is 54.7 cm³/mol. The van der Waals surface area contributed by atoms with Crippen LogP contribution in [0.2, 0.25) is 0 Å². The lowest BCUT2D eigenvalue weighted by molar-refractivity contribution is 0.111. The second kappa shape index (κ2) is 3.42. The highest BCUT2D eigenvalue weighted by molar-refractivity contribution is 5.92. The summed E-state index contributed by atoms with van der Waals surface area (Å²) in [6.45, 7) is 0. The van der Waals surface area contributed by atoms with Crippen LogP contribution in [0.3, 0.4) is 0 Å². The van der Waals surface area contributed by atoms with Crippen molar-refractivity contribution >= 4 is 23.3 Å². The summed E-state index contributed by atoms with van der Waals surface area (Å²) < 4.78 is 0. The number of fused-ring (bicyclic) bond motifs is 1. The molecule has 0 saturated carbocycles. The Balaban J connectivity index is 2.71. The van der Waals surface area contributed by atoms with Crippen LogP contribution in [0, 0.1) is 0 Å². The van der Waals surface area contributed by atoms with Gasteiger partial charge in [-0.1, -0.05) is 24.3 Å². The van der Waals surface area contributed by atoms with E-state index in [0.717, 1.165) is 23.3 Å². The molecule has 0 saturated heterocycles. The monoisotopic (exact) mass is 184 g/mol. The van der Waals surface area contributed by atoms with Gasteiger partial charge in [-0.15, -0.1) is 0 Å². The minimum Gasteiger partial charge on any atom is -0.298 e. The molecule has 0 unspecified atom stereocenters. The van der Waals surface area contributed by atoms with Crippen molar-refractivity contribution < 1.29 is 9.59 Å². The van der Waals surface area contributed by atoms with Gasteiger partial charge in [-0.05, 0) is 22.9 Å². The smallest absolute Gasteiger partial charge is 0.150 e. The van der Waals surface area contributed by atoms with E-state index >= 15 is 0 Å². The minimum absolute atomic E-state index is 0.626. The molecule has 0 aliphatic rings. The van der Waals surface area contributed by atoms with Crippen LogP contribution in [0.25, 0.3) is 10.8 Å². The van der Waals surface area contributed by atoms with E-state index in [0.29, 0.717) is 11.1 Å². The van der Waals surface area contributed by atoms with Crippen molar-refractivity contribution in [1.29, 1.82) is 0 Å². The third-order valence-corrected chi connectivity index (χ3v) is 2.16. The normalized spacial score (nSPS) is 10.0. The Kier molecular flexibility index (Phi) is 2.11. The van der Waals surface area contributed by atoms with Crippen LogP contribution in [0.5, 0.6) is 0 Å². The number of carbonyl (C=O) groups is 2. The van der Waals surface area contributed by atoms with Crippen molar-refractivity contribution in [1.82, 2.24) is 0 Å². The van der Waals surface area contributed by atoms with E-state index in [9.17, 15) is 9.59 Å². The molecule has 0 bridgehead atoms. The average Bonchev–Trinajstić information content (AvgIpc) is 2.27. The molecular weight excluding hydrogens is 176 g/mol. The van der Waals surface area contributed by atoms with E-state index in [1.807, 2.05) is 12.1 Å². The van der Waals surface area contributed by atoms with Gasteiger partial charge in [0.05, 0.1) is 0 Å². The van der Waals surface area contributed by atoms with Crippen LogP contribution in [0.1, 0.15) is 20.7 Å². The van der Waals surface area contributed by atoms with E-state index in [2.05, 4.69) is 0 Å². The SMILES string of the molecule is O=Cc1ccc2ccc(C=O)cc2c1. The van der Waals surface area contributed by atoms with Crippen molar-refractivity contribution in [3.63, 3.8) is 0 Å². The summed E-state index contributed by atoms with van der Waals surface area (Å²) in [7, 11) is 0. The van der Waals surface area contributed by atoms with Crippen molar-refractivity contribution in [3.8, 4) is 0 Å². The molecule has 0 N–H and O–H groups in total. The van der Waals surface area contributed by atoms with Gasteiger partial charge in [0.25, 0.3) is 0 Å². The number of benzene rings is 2. The number of hydrogen-bond acceptors (Lipinski definition) is 2. The van der Waals surface area contributed by atoms with Gasteiger partial charge in [0.15, 0.2) is 0 Å². The molecule has 0 atom stereocenters. The van der Waals surface area contributed by atoms with Gasteiger partial charge in [-0.2, -0.15) is 0 Å². The molecule has 2 rings (SSSR count). The van der Waals surface area contributed by atoms with E-state index < -0.39 is 0 Å².